The van der Waals surface area contributed by atoms with Gasteiger partial charge in [-0.15, -0.1) is 0 Å². The minimum atomic E-state index is -2.36. The van der Waals surface area contributed by atoms with Gasteiger partial charge in [-0.3, -0.25) is 0 Å². The number of aliphatic hydroxyl groups excluding tert-OH is 5. The highest BCUT2D eigenvalue weighted by atomic mass is 16.8. The van der Waals surface area contributed by atoms with Crippen LogP contribution < -0.4 is 17.2 Å². The normalized spacial score (nSPS) is 52.5. The summed E-state index contributed by atoms with van der Waals surface area (Å²) < 4.78 is 32.4. The molecule has 0 aromatic heterocycles. The molecular formula is C19H36N3O12. The van der Waals surface area contributed by atoms with Crippen LogP contribution >= 0.6 is 0 Å². The van der Waals surface area contributed by atoms with Crippen LogP contribution in [-0.2, 0) is 28.4 Å². The average Bonchev–Trinajstić information content (AvgIpc) is 2.83. The molecule has 0 saturated carbocycles. The molecule has 3 rings (SSSR count). The Bertz CT molecular complexity index is 662. The van der Waals surface area contributed by atoms with Gasteiger partial charge in [0.1, 0.15) is 43.2 Å². The molecule has 14 atom stereocenters. The Morgan fingerprint density at radius 1 is 0.912 bits per heavy atom. The van der Waals surface area contributed by atoms with Crippen molar-refractivity contribution in [3.05, 3.63) is 6.61 Å². The van der Waals surface area contributed by atoms with Crippen molar-refractivity contribution < 1.29 is 59.1 Å². The zero-order valence-electron chi connectivity index (χ0n) is 18.9. The Hall–Kier alpha value is -0.600. The molecular weight excluding hydrogens is 462 g/mol. The first kappa shape index (κ1) is 28.0. The molecule has 199 valence electrons. The third-order valence-corrected chi connectivity index (χ3v) is 6.58. The molecule has 12 N–H and O–H groups in total. The van der Waals surface area contributed by atoms with Crippen LogP contribution in [0.1, 0.15) is 6.92 Å². The third-order valence-electron chi connectivity index (χ3n) is 6.58. The minimum Gasteiger partial charge on any atom is -0.394 e. The second-order valence-corrected chi connectivity index (χ2v) is 8.75. The lowest BCUT2D eigenvalue weighted by Crippen LogP contribution is -2.71. The lowest BCUT2D eigenvalue weighted by Gasteiger charge is -2.48. The van der Waals surface area contributed by atoms with Gasteiger partial charge >= 0.3 is 0 Å². The van der Waals surface area contributed by atoms with Gasteiger partial charge in [0.05, 0.1) is 37.5 Å². The molecule has 6 unspecified atom stereocenters. The molecule has 0 bridgehead atoms. The molecule has 0 aromatic rings. The number of methoxy groups -OCH3 is 1. The largest absolute Gasteiger partial charge is 0.394 e. The van der Waals surface area contributed by atoms with Gasteiger partial charge in [0.15, 0.2) is 12.6 Å². The summed E-state index contributed by atoms with van der Waals surface area (Å²) in [4.78, 5) is 0. The highest BCUT2D eigenvalue weighted by Crippen LogP contribution is 2.33. The summed E-state index contributed by atoms with van der Waals surface area (Å²) in [5, 5.41) is 60.9. The molecule has 15 heteroatoms. The van der Waals surface area contributed by atoms with Crippen molar-refractivity contribution in [3.8, 4) is 0 Å². The van der Waals surface area contributed by atoms with E-state index in [1.165, 1.54) is 0 Å². The van der Waals surface area contributed by atoms with Crippen LogP contribution in [0.3, 0.4) is 0 Å². The molecule has 3 fully saturated rings. The summed E-state index contributed by atoms with van der Waals surface area (Å²) in [6.07, 6.45) is -11.0. The van der Waals surface area contributed by atoms with Gasteiger partial charge < -0.3 is 76.3 Å². The molecule has 34 heavy (non-hydrogen) atoms. The summed E-state index contributed by atoms with van der Waals surface area (Å²) in [6, 6.07) is -3.66. The van der Waals surface area contributed by atoms with E-state index in [-0.39, 0.29) is 6.61 Å². The fraction of sp³-hybridized carbons (Fsp3) is 0.947. The maximum absolute atomic E-state index is 10.7. The second-order valence-electron chi connectivity index (χ2n) is 8.75. The number of nitrogens with two attached hydrogens (primary N) is 3. The molecule has 3 aliphatic heterocycles. The van der Waals surface area contributed by atoms with E-state index in [1.807, 2.05) is 0 Å². The molecule has 3 saturated heterocycles. The summed E-state index contributed by atoms with van der Waals surface area (Å²) in [6.45, 7) is 1.71. The Labute approximate surface area is 196 Å². The Morgan fingerprint density at radius 2 is 1.53 bits per heavy atom. The monoisotopic (exact) mass is 498 g/mol. The highest BCUT2D eigenvalue weighted by molar-refractivity contribution is 4.99. The van der Waals surface area contributed by atoms with E-state index in [2.05, 4.69) is 0 Å². The number of ether oxygens (including phenoxy) is 6. The summed E-state index contributed by atoms with van der Waals surface area (Å²) in [5.74, 6) is -2.80. The second kappa shape index (κ2) is 11.2. The van der Waals surface area contributed by atoms with Crippen LogP contribution in [0.15, 0.2) is 0 Å². The van der Waals surface area contributed by atoms with Crippen molar-refractivity contribution in [3.63, 3.8) is 0 Å². The van der Waals surface area contributed by atoms with E-state index in [1.54, 1.807) is 6.92 Å². The molecule has 0 aromatic carbocycles. The van der Waals surface area contributed by atoms with Crippen LogP contribution in [0.5, 0.6) is 0 Å². The van der Waals surface area contributed by atoms with E-state index in [0.717, 1.165) is 13.7 Å². The molecule has 15 nitrogen and oxygen atoms in total. The topological polar surface area (TPSA) is 255 Å². The molecule has 0 spiro atoms. The Kier molecular flexibility index (Phi) is 9.22. The van der Waals surface area contributed by atoms with E-state index in [4.69, 9.17) is 45.6 Å². The minimum absolute atomic E-state index is 0.369. The van der Waals surface area contributed by atoms with E-state index in [9.17, 15) is 30.6 Å². The smallest absolute Gasteiger partial charge is 0.299 e. The van der Waals surface area contributed by atoms with Gasteiger partial charge in [-0.1, -0.05) is 6.92 Å². The standard InChI is InChI=1S/C19H36N3O12/c1-6-7(3-23)31-18(10(20)12(6)25)32-9-5-30-17(11(21)13(9)26)33-15-8(4-24)34-19(28,29-2)16(22)14(15)27/h5-18,23-28H,3-4,20-22H2,1-2H3/t6-,7?,8?,9+,10?,11?,12+,13?,14+,15-,16?,17-,18-,19-/m0/s1. The fourth-order valence-electron chi connectivity index (χ4n) is 4.20. The van der Waals surface area contributed by atoms with Crippen LogP contribution in [0.25, 0.3) is 0 Å². The average molecular weight is 499 g/mol. The SMILES string of the molecule is CO[C@]1(O)OC(CO)[C@H](O[C@@H]2O[CH][C@@H](O[C@@H]3OC(CO)[C@H](C)[C@@H](O)C3N)C(O)C2N)[C@@H](O)C1N. The fourth-order valence-corrected chi connectivity index (χ4v) is 4.20. The molecule has 0 aliphatic carbocycles. The maximum atomic E-state index is 10.7. The van der Waals surface area contributed by atoms with Gasteiger partial charge in [-0.2, -0.15) is 0 Å². The van der Waals surface area contributed by atoms with Crippen molar-refractivity contribution in [2.45, 2.75) is 86.3 Å². The third kappa shape index (κ3) is 5.24. The lowest BCUT2D eigenvalue weighted by molar-refractivity contribution is -0.424. The van der Waals surface area contributed by atoms with Crippen molar-refractivity contribution in [1.82, 2.24) is 0 Å². The number of aliphatic hydroxyl groups is 6. The predicted octanol–water partition coefficient (Wildman–Crippen LogP) is -5.62. The molecule has 3 aliphatic rings. The molecule has 0 amide bonds. The van der Waals surface area contributed by atoms with Crippen LogP contribution in [0, 0.1) is 12.5 Å². The van der Waals surface area contributed by atoms with Crippen molar-refractivity contribution in [2.24, 2.45) is 23.1 Å². The Morgan fingerprint density at radius 3 is 2.12 bits per heavy atom. The van der Waals surface area contributed by atoms with E-state index >= 15 is 0 Å². The number of hydrogen-bond donors (Lipinski definition) is 9. The predicted molar refractivity (Wildman–Crippen MR) is 110 cm³/mol. The summed E-state index contributed by atoms with van der Waals surface area (Å²) >= 11 is 0. The maximum Gasteiger partial charge on any atom is 0.299 e. The summed E-state index contributed by atoms with van der Waals surface area (Å²) in [5.41, 5.74) is 17.9. The summed E-state index contributed by atoms with van der Waals surface area (Å²) in [7, 11) is 1.11. The highest BCUT2D eigenvalue weighted by Gasteiger charge is 2.55. The van der Waals surface area contributed by atoms with Gasteiger partial charge in [-0.25, -0.2) is 0 Å². The van der Waals surface area contributed by atoms with Gasteiger partial charge in [0.25, 0.3) is 5.97 Å². The van der Waals surface area contributed by atoms with E-state index in [0.29, 0.717) is 0 Å². The first-order chi connectivity index (χ1) is 16.0. The van der Waals surface area contributed by atoms with Crippen molar-refractivity contribution in [2.75, 3.05) is 20.3 Å². The number of rotatable bonds is 7. The van der Waals surface area contributed by atoms with E-state index < -0.39 is 91.9 Å². The van der Waals surface area contributed by atoms with Gasteiger partial charge in [0.2, 0.25) is 0 Å². The van der Waals surface area contributed by atoms with Gasteiger partial charge in [-0.05, 0) is 0 Å². The van der Waals surface area contributed by atoms with Crippen LogP contribution in [-0.4, -0.2) is 130 Å². The van der Waals surface area contributed by atoms with Crippen LogP contribution in [0.2, 0.25) is 0 Å². The van der Waals surface area contributed by atoms with Crippen molar-refractivity contribution in [1.29, 1.82) is 0 Å². The van der Waals surface area contributed by atoms with Gasteiger partial charge in [0, 0.05) is 13.0 Å². The lowest BCUT2D eigenvalue weighted by atomic mass is 9.90. The number of hydrogen-bond acceptors (Lipinski definition) is 15. The zero-order valence-corrected chi connectivity index (χ0v) is 18.9. The zero-order chi connectivity index (χ0) is 25.4. The molecule has 1 radical (unpaired) electrons. The first-order valence-electron chi connectivity index (χ1n) is 10.9. The van der Waals surface area contributed by atoms with Crippen LogP contribution in [0.4, 0.5) is 0 Å². The Balaban J connectivity index is 1.64. The van der Waals surface area contributed by atoms with Crippen molar-refractivity contribution >= 4 is 0 Å². The molecule has 3 heterocycles. The quantitative estimate of drug-likeness (QED) is 0.148. The first-order valence-corrected chi connectivity index (χ1v) is 10.9.